The number of halogens is 2. The highest BCUT2D eigenvalue weighted by Crippen LogP contribution is 2.22. The number of benzene rings is 1. The molecule has 0 amide bonds. The lowest BCUT2D eigenvalue weighted by Crippen LogP contribution is -2.24. The molecule has 1 aromatic carbocycles. The second-order valence-corrected chi connectivity index (χ2v) is 3.57. The molecule has 0 bridgehead atoms. The van der Waals surface area contributed by atoms with E-state index in [0.29, 0.717) is 6.54 Å². The Balaban J connectivity index is 2.78. The molecule has 2 atom stereocenters. The summed E-state index contributed by atoms with van der Waals surface area (Å²) in [4.78, 5) is 0. The molecule has 0 aliphatic rings. The van der Waals surface area contributed by atoms with Gasteiger partial charge in [-0.15, -0.1) is 0 Å². The molecule has 0 aromatic heterocycles. The highest BCUT2D eigenvalue weighted by molar-refractivity contribution is 5.21. The average Bonchev–Trinajstić information content (AvgIpc) is 2.28. The van der Waals surface area contributed by atoms with Crippen molar-refractivity contribution in [2.24, 2.45) is 0 Å². The lowest BCUT2D eigenvalue weighted by Gasteiger charge is -2.18. The maximum absolute atomic E-state index is 13.2. The van der Waals surface area contributed by atoms with E-state index in [1.165, 1.54) is 0 Å². The molecule has 90 valence electrons. The first-order valence-electron chi connectivity index (χ1n) is 5.02. The summed E-state index contributed by atoms with van der Waals surface area (Å²) < 4.78 is 26.1. The molecular weight excluding hydrogens is 216 g/mol. The Kier molecular flexibility index (Phi) is 4.79. The van der Waals surface area contributed by atoms with Crippen molar-refractivity contribution in [2.75, 3.05) is 13.6 Å². The smallest absolute Gasteiger partial charge is 0.129 e. The molecule has 0 aliphatic heterocycles. The lowest BCUT2D eigenvalue weighted by molar-refractivity contribution is 0.0118. The Hall–Kier alpha value is -1.04. The fourth-order valence-electron chi connectivity index (χ4n) is 1.40. The molecular formula is C11H15F2NO2. The molecule has 1 aromatic rings. The first-order valence-corrected chi connectivity index (χ1v) is 5.02. The van der Waals surface area contributed by atoms with Gasteiger partial charge in [0, 0.05) is 5.56 Å². The van der Waals surface area contributed by atoms with E-state index in [4.69, 9.17) is 0 Å². The maximum atomic E-state index is 13.2. The fourth-order valence-corrected chi connectivity index (χ4v) is 1.40. The van der Waals surface area contributed by atoms with Crippen LogP contribution in [0.4, 0.5) is 8.78 Å². The molecule has 0 saturated carbocycles. The Morgan fingerprint density at radius 1 is 1.31 bits per heavy atom. The Bertz CT molecular complexity index is 347. The van der Waals surface area contributed by atoms with E-state index < -0.39 is 23.8 Å². The van der Waals surface area contributed by atoms with Crippen molar-refractivity contribution in [3.8, 4) is 0 Å². The molecule has 0 radical (unpaired) electrons. The summed E-state index contributed by atoms with van der Waals surface area (Å²) in [5.41, 5.74) is -0.219. The maximum Gasteiger partial charge on any atom is 0.129 e. The van der Waals surface area contributed by atoms with Gasteiger partial charge < -0.3 is 15.5 Å². The van der Waals surface area contributed by atoms with Crippen LogP contribution < -0.4 is 5.32 Å². The van der Waals surface area contributed by atoms with Gasteiger partial charge in [-0.1, -0.05) is 0 Å². The predicted molar refractivity (Wildman–Crippen MR) is 55.9 cm³/mol. The molecule has 3 nitrogen and oxygen atoms in total. The minimum absolute atomic E-state index is 0.219. The van der Waals surface area contributed by atoms with Crippen LogP contribution >= 0.6 is 0 Å². The summed E-state index contributed by atoms with van der Waals surface area (Å²) in [6, 6.07) is 2.78. The average molecular weight is 231 g/mol. The molecule has 0 fully saturated rings. The number of aliphatic hydroxyl groups is 2. The highest BCUT2D eigenvalue weighted by Gasteiger charge is 2.21. The van der Waals surface area contributed by atoms with E-state index in [0.717, 1.165) is 18.2 Å². The van der Waals surface area contributed by atoms with E-state index in [-0.39, 0.29) is 12.0 Å². The van der Waals surface area contributed by atoms with E-state index in [1.54, 1.807) is 7.05 Å². The largest absolute Gasteiger partial charge is 0.390 e. The molecule has 0 heterocycles. The molecule has 0 aliphatic carbocycles. The van der Waals surface area contributed by atoms with Crippen molar-refractivity contribution in [1.29, 1.82) is 0 Å². The van der Waals surface area contributed by atoms with Crippen LogP contribution in [0.5, 0.6) is 0 Å². The zero-order valence-corrected chi connectivity index (χ0v) is 8.95. The van der Waals surface area contributed by atoms with Crippen molar-refractivity contribution in [3.63, 3.8) is 0 Å². The van der Waals surface area contributed by atoms with E-state index in [9.17, 15) is 19.0 Å². The van der Waals surface area contributed by atoms with Gasteiger partial charge in [0.05, 0.1) is 6.10 Å². The summed E-state index contributed by atoms with van der Waals surface area (Å²) in [6.07, 6.45) is -2.28. The van der Waals surface area contributed by atoms with E-state index >= 15 is 0 Å². The minimum Gasteiger partial charge on any atom is -0.390 e. The van der Waals surface area contributed by atoms with Crippen LogP contribution in [-0.2, 0) is 0 Å². The number of hydrogen-bond donors (Lipinski definition) is 3. The van der Waals surface area contributed by atoms with Gasteiger partial charge in [0.15, 0.2) is 0 Å². The van der Waals surface area contributed by atoms with Crippen molar-refractivity contribution in [3.05, 3.63) is 35.4 Å². The molecule has 2 unspecified atom stereocenters. The van der Waals surface area contributed by atoms with Crippen LogP contribution in [0.15, 0.2) is 18.2 Å². The highest BCUT2D eigenvalue weighted by atomic mass is 19.1. The quantitative estimate of drug-likeness (QED) is 0.707. The van der Waals surface area contributed by atoms with E-state index in [2.05, 4.69) is 5.32 Å². The monoisotopic (exact) mass is 231 g/mol. The molecule has 1 rings (SSSR count). The summed E-state index contributed by atoms with van der Waals surface area (Å²) >= 11 is 0. The third-order valence-electron chi connectivity index (χ3n) is 2.33. The fraction of sp³-hybridized carbons (Fsp3) is 0.455. The van der Waals surface area contributed by atoms with Gasteiger partial charge in [0.2, 0.25) is 0 Å². The first-order chi connectivity index (χ1) is 7.56. The standard InChI is InChI=1S/C11H15F2NO2/c1-14-5-4-10(15)11(16)8-6-7(12)2-3-9(8)13/h2-3,6,10-11,14-16H,4-5H2,1H3. The number of nitrogens with one attached hydrogen (secondary N) is 1. The third kappa shape index (κ3) is 3.23. The second kappa shape index (κ2) is 5.89. The number of rotatable bonds is 5. The second-order valence-electron chi connectivity index (χ2n) is 3.57. The molecule has 0 spiro atoms. The summed E-state index contributed by atoms with van der Waals surface area (Å²) in [5.74, 6) is -1.37. The van der Waals surface area contributed by atoms with Crippen LogP contribution in [-0.4, -0.2) is 29.9 Å². The van der Waals surface area contributed by atoms with Gasteiger partial charge in [-0.2, -0.15) is 0 Å². The summed E-state index contributed by atoms with van der Waals surface area (Å²) in [6.45, 7) is 0.481. The van der Waals surface area contributed by atoms with Crippen molar-refractivity contribution in [2.45, 2.75) is 18.6 Å². The Morgan fingerprint density at radius 2 is 2.00 bits per heavy atom. The Labute approximate surface area is 92.7 Å². The van der Waals surface area contributed by atoms with Crippen LogP contribution in [0.2, 0.25) is 0 Å². The molecule has 3 N–H and O–H groups in total. The number of aliphatic hydroxyl groups excluding tert-OH is 2. The van der Waals surface area contributed by atoms with Crippen molar-refractivity contribution < 1.29 is 19.0 Å². The topological polar surface area (TPSA) is 52.5 Å². The van der Waals surface area contributed by atoms with Gasteiger partial charge in [-0.05, 0) is 38.2 Å². The van der Waals surface area contributed by atoms with Crippen LogP contribution in [0.25, 0.3) is 0 Å². The lowest BCUT2D eigenvalue weighted by atomic mass is 10.0. The SMILES string of the molecule is CNCCC(O)C(O)c1cc(F)ccc1F. The number of hydrogen-bond acceptors (Lipinski definition) is 3. The Morgan fingerprint density at radius 3 is 2.62 bits per heavy atom. The van der Waals surface area contributed by atoms with Gasteiger partial charge in [0.25, 0.3) is 0 Å². The third-order valence-corrected chi connectivity index (χ3v) is 2.33. The zero-order chi connectivity index (χ0) is 12.1. The molecule has 0 saturated heterocycles. The molecule has 5 heteroatoms. The van der Waals surface area contributed by atoms with Gasteiger partial charge in [-0.25, -0.2) is 8.78 Å². The predicted octanol–water partition coefficient (Wildman–Crippen LogP) is 0.969. The van der Waals surface area contributed by atoms with Crippen LogP contribution in [0.1, 0.15) is 18.1 Å². The summed E-state index contributed by atoms with van der Waals surface area (Å²) in [5, 5.41) is 22.0. The molecule has 16 heavy (non-hydrogen) atoms. The van der Waals surface area contributed by atoms with E-state index in [1.807, 2.05) is 0 Å². The normalized spacial score (nSPS) is 14.8. The van der Waals surface area contributed by atoms with Crippen LogP contribution in [0, 0.1) is 11.6 Å². The van der Waals surface area contributed by atoms with Gasteiger partial charge in [0.1, 0.15) is 17.7 Å². The van der Waals surface area contributed by atoms with Gasteiger partial charge >= 0.3 is 0 Å². The summed E-state index contributed by atoms with van der Waals surface area (Å²) in [7, 11) is 1.70. The zero-order valence-electron chi connectivity index (χ0n) is 8.95. The van der Waals surface area contributed by atoms with Gasteiger partial charge in [-0.3, -0.25) is 0 Å². The van der Waals surface area contributed by atoms with Crippen molar-refractivity contribution >= 4 is 0 Å². The minimum atomic E-state index is -1.41. The van der Waals surface area contributed by atoms with Crippen molar-refractivity contribution in [1.82, 2.24) is 5.32 Å². The first kappa shape index (κ1) is 13.0. The van der Waals surface area contributed by atoms with Crippen LogP contribution in [0.3, 0.4) is 0 Å².